The second kappa shape index (κ2) is 9.70. The average molecular weight is 356 g/mol. The van der Waals surface area contributed by atoms with Gasteiger partial charge in [-0.15, -0.1) is 0 Å². The van der Waals surface area contributed by atoms with E-state index in [-0.39, 0.29) is 25.4 Å². The fourth-order valence-corrected chi connectivity index (χ4v) is 3.00. The van der Waals surface area contributed by atoms with Crippen molar-refractivity contribution in [1.82, 2.24) is 0 Å². The van der Waals surface area contributed by atoms with Crippen LogP contribution in [0, 0.1) is 5.92 Å². The SMILES string of the molecule is CCOC(=O)C(C(=O)OCC)C(CC(=O)C1=CC=CC1)c1ccccc1. The summed E-state index contributed by atoms with van der Waals surface area (Å²) in [5.41, 5.74) is 1.41. The maximum atomic E-state index is 12.7. The lowest BCUT2D eigenvalue weighted by molar-refractivity contribution is -0.162. The molecule has 0 spiro atoms. The Labute approximate surface area is 153 Å². The quantitative estimate of drug-likeness (QED) is 0.501. The van der Waals surface area contributed by atoms with Gasteiger partial charge in [0.05, 0.1) is 13.2 Å². The molecule has 1 aromatic carbocycles. The third-order valence-electron chi connectivity index (χ3n) is 4.25. The van der Waals surface area contributed by atoms with Gasteiger partial charge in [-0.1, -0.05) is 48.6 Å². The highest BCUT2D eigenvalue weighted by Gasteiger charge is 2.39. The van der Waals surface area contributed by atoms with Crippen LogP contribution in [0.25, 0.3) is 0 Å². The molecular weight excluding hydrogens is 332 g/mol. The van der Waals surface area contributed by atoms with Gasteiger partial charge in [-0.25, -0.2) is 0 Å². The zero-order valence-electron chi connectivity index (χ0n) is 15.1. The third-order valence-corrected chi connectivity index (χ3v) is 4.25. The Morgan fingerprint density at radius 3 is 2.12 bits per heavy atom. The summed E-state index contributed by atoms with van der Waals surface area (Å²) in [6.07, 6.45) is 6.12. The highest BCUT2D eigenvalue weighted by atomic mass is 16.6. The standard InChI is InChI=1S/C21H24O5/c1-3-25-20(23)19(21(24)26-4-2)17(15-10-6-5-7-11-15)14-18(22)16-12-8-9-13-16/h5-12,17,19H,3-4,13-14H2,1-2H3. The molecule has 1 aromatic rings. The number of hydrogen-bond acceptors (Lipinski definition) is 5. The van der Waals surface area contributed by atoms with Crippen LogP contribution >= 0.6 is 0 Å². The first-order valence-electron chi connectivity index (χ1n) is 8.85. The summed E-state index contributed by atoms with van der Waals surface area (Å²) in [7, 11) is 0. The van der Waals surface area contributed by atoms with Crippen molar-refractivity contribution in [2.75, 3.05) is 13.2 Å². The van der Waals surface area contributed by atoms with E-state index in [1.807, 2.05) is 42.5 Å². The molecule has 1 unspecified atom stereocenters. The molecule has 0 radical (unpaired) electrons. The van der Waals surface area contributed by atoms with Gasteiger partial charge in [0.1, 0.15) is 0 Å². The van der Waals surface area contributed by atoms with Crippen molar-refractivity contribution in [1.29, 1.82) is 0 Å². The van der Waals surface area contributed by atoms with Crippen LogP contribution in [0.3, 0.4) is 0 Å². The van der Waals surface area contributed by atoms with Crippen LogP contribution in [0.2, 0.25) is 0 Å². The molecule has 0 fully saturated rings. The lowest BCUT2D eigenvalue weighted by Gasteiger charge is -2.24. The maximum Gasteiger partial charge on any atom is 0.320 e. The molecule has 5 nitrogen and oxygen atoms in total. The van der Waals surface area contributed by atoms with Crippen LogP contribution in [0.1, 0.15) is 38.2 Å². The van der Waals surface area contributed by atoms with Crippen molar-refractivity contribution in [2.45, 2.75) is 32.6 Å². The van der Waals surface area contributed by atoms with E-state index in [2.05, 4.69) is 0 Å². The number of Topliss-reactive ketones (excluding diaryl/α,β-unsaturated/α-hetero) is 1. The summed E-state index contributed by atoms with van der Waals surface area (Å²) in [6, 6.07) is 9.10. The van der Waals surface area contributed by atoms with E-state index >= 15 is 0 Å². The molecule has 138 valence electrons. The highest BCUT2D eigenvalue weighted by molar-refractivity contribution is 6.00. The first kappa shape index (κ1) is 19.6. The summed E-state index contributed by atoms with van der Waals surface area (Å²) in [4.78, 5) is 37.7. The summed E-state index contributed by atoms with van der Waals surface area (Å²) in [5, 5.41) is 0. The van der Waals surface area contributed by atoms with Gasteiger partial charge >= 0.3 is 11.9 Å². The maximum absolute atomic E-state index is 12.7. The molecular formula is C21H24O5. The smallest absolute Gasteiger partial charge is 0.320 e. The first-order chi connectivity index (χ1) is 12.6. The number of carbonyl (C=O) groups is 3. The predicted molar refractivity (Wildman–Crippen MR) is 97.4 cm³/mol. The summed E-state index contributed by atoms with van der Waals surface area (Å²) in [5.74, 6) is -3.21. The Morgan fingerprint density at radius 2 is 1.62 bits per heavy atom. The molecule has 1 aliphatic carbocycles. The van der Waals surface area contributed by atoms with Crippen molar-refractivity contribution in [3.8, 4) is 0 Å². The fraction of sp³-hybridized carbons (Fsp3) is 0.381. The minimum atomic E-state index is -1.17. The Balaban J connectivity index is 2.36. The van der Waals surface area contributed by atoms with Crippen LogP contribution in [-0.2, 0) is 23.9 Å². The Kier molecular flexibility index (Phi) is 7.33. The second-order valence-electron chi connectivity index (χ2n) is 5.95. The molecule has 0 saturated carbocycles. The van der Waals surface area contributed by atoms with Gasteiger partial charge in [-0.05, 0) is 31.4 Å². The monoisotopic (exact) mass is 356 g/mol. The van der Waals surface area contributed by atoms with Gasteiger partial charge in [0.25, 0.3) is 0 Å². The Hall–Kier alpha value is -2.69. The van der Waals surface area contributed by atoms with E-state index in [4.69, 9.17) is 9.47 Å². The molecule has 1 aliphatic rings. The van der Waals surface area contributed by atoms with Crippen molar-refractivity contribution in [3.63, 3.8) is 0 Å². The van der Waals surface area contributed by atoms with Crippen molar-refractivity contribution in [3.05, 3.63) is 59.7 Å². The molecule has 1 atom stereocenters. The molecule has 26 heavy (non-hydrogen) atoms. The Bertz CT molecular complexity index is 684. The molecule has 5 heteroatoms. The summed E-state index contributed by atoms with van der Waals surface area (Å²) >= 11 is 0. The van der Waals surface area contributed by atoms with E-state index in [0.717, 1.165) is 5.56 Å². The van der Waals surface area contributed by atoms with Gasteiger partial charge in [-0.3, -0.25) is 14.4 Å². The van der Waals surface area contributed by atoms with E-state index in [1.165, 1.54) is 0 Å². The number of carbonyl (C=O) groups excluding carboxylic acids is 3. The van der Waals surface area contributed by atoms with Crippen LogP contribution in [0.5, 0.6) is 0 Å². The first-order valence-corrected chi connectivity index (χ1v) is 8.85. The number of hydrogen-bond donors (Lipinski definition) is 0. The van der Waals surface area contributed by atoms with Crippen molar-refractivity contribution in [2.24, 2.45) is 5.92 Å². The predicted octanol–water partition coefficient (Wildman–Crippen LogP) is 3.36. The molecule has 2 rings (SSSR count). The molecule has 0 N–H and O–H groups in total. The summed E-state index contributed by atoms with van der Waals surface area (Å²) < 4.78 is 10.2. The van der Waals surface area contributed by atoms with Gasteiger partial charge in [0, 0.05) is 12.3 Å². The van der Waals surface area contributed by atoms with E-state index in [0.29, 0.717) is 12.0 Å². The number of rotatable bonds is 9. The molecule has 0 heterocycles. The third kappa shape index (κ3) is 4.91. The minimum absolute atomic E-state index is 0.0415. The number of esters is 2. The average Bonchev–Trinajstić information content (AvgIpc) is 3.17. The molecule has 0 bridgehead atoms. The number of ketones is 1. The van der Waals surface area contributed by atoms with Crippen LogP contribution in [0.4, 0.5) is 0 Å². The topological polar surface area (TPSA) is 69.7 Å². The highest BCUT2D eigenvalue weighted by Crippen LogP contribution is 2.32. The number of allylic oxidation sites excluding steroid dienone is 4. The number of ether oxygens (including phenoxy) is 2. The molecule has 0 saturated heterocycles. The van der Waals surface area contributed by atoms with E-state index in [9.17, 15) is 14.4 Å². The zero-order valence-corrected chi connectivity index (χ0v) is 15.1. The largest absolute Gasteiger partial charge is 0.465 e. The van der Waals surface area contributed by atoms with Gasteiger partial charge in [-0.2, -0.15) is 0 Å². The zero-order chi connectivity index (χ0) is 18.9. The van der Waals surface area contributed by atoms with Gasteiger partial charge in [0.2, 0.25) is 0 Å². The van der Waals surface area contributed by atoms with Crippen molar-refractivity contribution >= 4 is 17.7 Å². The Morgan fingerprint density at radius 1 is 1.00 bits per heavy atom. The lowest BCUT2D eigenvalue weighted by Crippen LogP contribution is -2.34. The van der Waals surface area contributed by atoms with E-state index in [1.54, 1.807) is 19.9 Å². The van der Waals surface area contributed by atoms with Crippen LogP contribution in [0.15, 0.2) is 54.1 Å². The van der Waals surface area contributed by atoms with Crippen LogP contribution in [-0.4, -0.2) is 30.9 Å². The van der Waals surface area contributed by atoms with E-state index < -0.39 is 23.8 Å². The molecule has 0 amide bonds. The minimum Gasteiger partial charge on any atom is -0.465 e. The molecule has 0 aromatic heterocycles. The second-order valence-corrected chi connectivity index (χ2v) is 5.95. The fourth-order valence-electron chi connectivity index (χ4n) is 3.00. The summed E-state index contributed by atoms with van der Waals surface area (Å²) in [6.45, 7) is 3.66. The normalized spacial score (nSPS) is 14.0. The van der Waals surface area contributed by atoms with Gasteiger partial charge in [0.15, 0.2) is 11.7 Å². The molecule has 0 aliphatic heterocycles. The lowest BCUT2D eigenvalue weighted by atomic mass is 9.81. The van der Waals surface area contributed by atoms with Gasteiger partial charge < -0.3 is 9.47 Å². The van der Waals surface area contributed by atoms with Crippen LogP contribution < -0.4 is 0 Å². The number of benzene rings is 1. The van der Waals surface area contributed by atoms with Crippen molar-refractivity contribution < 1.29 is 23.9 Å².